The van der Waals surface area contributed by atoms with Crippen LogP contribution in [0, 0.1) is 5.41 Å². The van der Waals surface area contributed by atoms with Crippen molar-refractivity contribution in [3.8, 4) is 17.2 Å². The summed E-state index contributed by atoms with van der Waals surface area (Å²) in [6, 6.07) is 3.37. The van der Waals surface area contributed by atoms with Gasteiger partial charge in [0.05, 0.1) is 27.9 Å². The number of rotatable bonds is 5. The second-order valence-corrected chi connectivity index (χ2v) is 3.17. The molecule has 94 valence electrons. The van der Waals surface area contributed by atoms with Gasteiger partial charge in [0, 0.05) is 12.1 Å². The topological polar surface area (TPSA) is 60.8 Å². The zero-order valence-corrected chi connectivity index (χ0v) is 10.5. The Kier molecular flexibility index (Phi) is 4.63. The maximum atomic E-state index is 7.82. The zero-order valence-electron chi connectivity index (χ0n) is 10.5. The minimum Gasteiger partial charge on any atom is -0.496 e. The van der Waals surface area contributed by atoms with Gasteiger partial charge in [-0.25, -0.2) is 0 Å². The number of benzene rings is 1. The molecule has 0 aromatic heterocycles. The average molecular weight is 239 g/mol. The molecule has 0 atom stereocenters. The molecule has 5 nitrogen and oxygen atoms in total. The lowest BCUT2D eigenvalue weighted by atomic mass is 10.1. The van der Waals surface area contributed by atoms with E-state index in [1.165, 1.54) is 14.2 Å². The van der Waals surface area contributed by atoms with Gasteiger partial charge in [-0.15, -0.1) is 0 Å². The zero-order chi connectivity index (χ0) is 12.8. The maximum absolute atomic E-state index is 7.82. The van der Waals surface area contributed by atoms with Crippen LogP contribution in [0.1, 0.15) is 12.5 Å². The van der Waals surface area contributed by atoms with E-state index in [9.17, 15) is 0 Å². The van der Waals surface area contributed by atoms with Crippen LogP contribution in [0.5, 0.6) is 17.2 Å². The predicted octanol–water partition coefficient (Wildman–Crippen LogP) is 2.07. The molecule has 1 rings (SSSR count). The van der Waals surface area contributed by atoms with Crippen LogP contribution in [0.25, 0.3) is 0 Å². The maximum Gasteiger partial charge on any atom is 0.220 e. The number of hydrogen-bond acceptors (Lipinski definition) is 5. The fourth-order valence-corrected chi connectivity index (χ4v) is 1.45. The first-order valence-corrected chi connectivity index (χ1v) is 5.19. The van der Waals surface area contributed by atoms with Crippen molar-refractivity contribution in [2.45, 2.75) is 6.92 Å². The van der Waals surface area contributed by atoms with Gasteiger partial charge < -0.3 is 18.9 Å². The number of ether oxygens (including phenoxy) is 4. The van der Waals surface area contributed by atoms with Crippen molar-refractivity contribution in [3.63, 3.8) is 0 Å². The average Bonchev–Trinajstić information content (AvgIpc) is 2.37. The van der Waals surface area contributed by atoms with Crippen LogP contribution in [-0.2, 0) is 4.74 Å². The van der Waals surface area contributed by atoms with E-state index < -0.39 is 0 Å². The quantitative estimate of drug-likeness (QED) is 0.631. The van der Waals surface area contributed by atoms with Crippen LogP contribution < -0.4 is 14.2 Å². The first-order chi connectivity index (χ1) is 8.17. The molecule has 0 aliphatic carbocycles. The first-order valence-electron chi connectivity index (χ1n) is 5.19. The normalized spacial score (nSPS) is 9.65. The van der Waals surface area contributed by atoms with Crippen molar-refractivity contribution in [1.82, 2.24) is 0 Å². The van der Waals surface area contributed by atoms with Crippen LogP contribution in [0.4, 0.5) is 0 Å². The Labute approximate surface area is 101 Å². The Morgan fingerprint density at radius 2 is 1.59 bits per heavy atom. The molecule has 1 N–H and O–H groups in total. The van der Waals surface area contributed by atoms with Crippen molar-refractivity contribution in [3.05, 3.63) is 17.7 Å². The van der Waals surface area contributed by atoms with Gasteiger partial charge in [-0.2, -0.15) is 0 Å². The lowest BCUT2D eigenvalue weighted by Crippen LogP contribution is -2.09. The molecule has 0 aliphatic rings. The van der Waals surface area contributed by atoms with Crippen LogP contribution in [0.2, 0.25) is 0 Å². The van der Waals surface area contributed by atoms with Crippen LogP contribution in [0.3, 0.4) is 0 Å². The number of methoxy groups -OCH3 is 3. The van der Waals surface area contributed by atoms with Crippen molar-refractivity contribution in [2.75, 3.05) is 27.9 Å². The first kappa shape index (κ1) is 13.2. The second kappa shape index (κ2) is 5.98. The van der Waals surface area contributed by atoms with E-state index in [-0.39, 0.29) is 5.90 Å². The molecule has 0 saturated carbocycles. The van der Waals surface area contributed by atoms with Gasteiger partial charge in [-0.1, -0.05) is 0 Å². The third kappa shape index (κ3) is 2.81. The van der Waals surface area contributed by atoms with Crippen molar-refractivity contribution in [1.29, 1.82) is 5.41 Å². The molecule has 1 aromatic carbocycles. The van der Waals surface area contributed by atoms with E-state index in [0.29, 0.717) is 29.4 Å². The van der Waals surface area contributed by atoms with Gasteiger partial charge in [-0.05, 0) is 6.92 Å². The predicted molar refractivity (Wildman–Crippen MR) is 64.6 cm³/mol. The van der Waals surface area contributed by atoms with Crippen molar-refractivity contribution < 1.29 is 18.9 Å². The number of hydrogen-bond donors (Lipinski definition) is 1. The molecule has 0 bridgehead atoms. The molecule has 0 fully saturated rings. The Balaban J connectivity index is 3.29. The van der Waals surface area contributed by atoms with Crippen LogP contribution >= 0.6 is 0 Å². The smallest absolute Gasteiger partial charge is 0.220 e. The van der Waals surface area contributed by atoms with E-state index in [1.54, 1.807) is 19.2 Å². The van der Waals surface area contributed by atoms with E-state index >= 15 is 0 Å². The van der Waals surface area contributed by atoms with Gasteiger partial charge in [-0.3, -0.25) is 5.41 Å². The summed E-state index contributed by atoms with van der Waals surface area (Å²) in [6.45, 7) is 2.23. The van der Waals surface area contributed by atoms with E-state index in [2.05, 4.69) is 0 Å². The molecular formula is C12H17NO4. The fraction of sp³-hybridized carbons (Fsp3) is 0.417. The van der Waals surface area contributed by atoms with E-state index in [4.69, 9.17) is 24.4 Å². The summed E-state index contributed by atoms with van der Waals surface area (Å²) in [4.78, 5) is 0. The van der Waals surface area contributed by atoms with Gasteiger partial charge in [0.25, 0.3) is 0 Å². The minimum absolute atomic E-state index is 0.0175. The lowest BCUT2D eigenvalue weighted by Gasteiger charge is -2.15. The minimum atomic E-state index is 0.0175. The van der Waals surface area contributed by atoms with Gasteiger partial charge in [0.15, 0.2) is 0 Å². The molecule has 1 aromatic rings. The van der Waals surface area contributed by atoms with Crippen molar-refractivity contribution in [2.24, 2.45) is 0 Å². The van der Waals surface area contributed by atoms with Crippen LogP contribution in [0.15, 0.2) is 12.1 Å². The SMILES string of the molecule is CCOC(=N)c1c(OC)cc(OC)cc1OC. The Morgan fingerprint density at radius 3 is 1.94 bits per heavy atom. The second-order valence-electron chi connectivity index (χ2n) is 3.17. The highest BCUT2D eigenvalue weighted by atomic mass is 16.5. The van der Waals surface area contributed by atoms with Crippen molar-refractivity contribution >= 4 is 5.90 Å². The summed E-state index contributed by atoms with van der Waals surface area (Å²) in [6.07, 6.45) is 0. The molecule has 0 spiro atoms. The van der Waals surface area contributed by atoms with Crippen LogP contribution in [-0.4, -0.2) is 33.8 Å². The molecule has 5 heteroatoms. The van der Waals surface area contributed by atoms with E-state index in [0.717, 1.165) is 0 Å². The largest absolute Gasteiger partial charge is 0.496 e. The molecule has 17 heavy (non-hydrogen) atoms. The molecule has 0 aliphatic heterocycles. The highest BCUT2D eigenvalue weighted by Gasteiger charge is 2.18. The summed E-state index contributed by atoms with van der Waals surface area (Å²) in [5, 5.41) is 7.82. The molecule has 0 radical (unpaired) electrons. The highest BCUT2D eigenvalue weighted by molar-refractivity contribution is 5.97. The summed E-state index contributed by atoms with van der Waals surface area (Å²) >= 11 is 0. The van der Waals surface area contributed by atoms with Gasteiger partial charge in [0.1, 0.15) is 22.8 Å². The standard InChI is InChI=1S/C12H17NO4/c1-5-17-12(13)11-9(15-3)6-8(14-2)7-10(11)16-4/h6-7,13H,5H2,1-4H3. The Bertz CT molecular complexity index is 378. The van der Waals surface area contributed by atoms with E-state index in [1.807, 2.05) is 6.92 Å². The highest BCUT2D eigenvalue weighted by Crippen LogP contribution is 2.34. The third-order valence-corrected chi connectivity index (χ3v) is 2.23. The Morgan fingerprint density at radius 1 is 1.06 bits per heavy atom. The monoisotopic (exact) mass is 239 g/mol. The summed E-state index contributed by atoms with van der Waals surface area (Å²) in [5.41, 5.74) is 0.484. The van der Waals surface area contributed by atoms with Gasteiger partial charge in [0.2, 0.25) is 5.90 Å². The summed E-state index contributed by atoms with van der Waals surface area (Å²) < 4.78 is 20.7. The van der Waals surface area contributed by atoms with Gasteiger partial charge >= 0.3 is 0 Å². The summed E-state index contributed by atoms with van der Waals surface area (Å²) in [5.74, 6) is 1.59. The summed E-state index contributed by atoms with van der Waals surface area (Å²) in [7, 11) is 4.61. The molecule has 0 amide bonds. The number of nitrogens with one attached hydrogen (secondary N) is 1. The third-order valence-electron chi connectivity index (χ3n) is 2.23. The molecular weight excluding hydrogens is 222 g/mol. The molecule has 0 saturated heterocycles. The molecule has 0 unspecified atom stereocenters. The molecule has 0 heterocycles. The fourth-order valence-electron chi connectivity index (χ4n) is 1.45. The Hall–Kier alpha value is -1.91. The lowest BCUT2D eigenvalue weighted by molar-refractivity contribution is 0.318.